The number of rotatable bonds is 3. The van der Waals surface area contributed by atoms with E-state index in [0.29, 0.717) is 12.6 Å². The van der Waals surface area contributed by atoms with Crippen LogP contribution in [0.15, 0.2) is 24.5 Å². The standard InChI is InChI=1S/C19H25N5O/c1-24-11-13(10-22-24)15-9-14(23-17-5-3-2-4-16(17)20)8-12-6-7-21-19(25)18(12)15/h8-11,16-17,23H,2-7,20H2,1H3,(H,21,25). The lowest BCUT2D eigenvalue weighted by atomic mass is 9.89. The van der Waals surface area contributed by atoms with Crippen molar-refractivity contribution in [3.05, 3.63) is 35.7 Å². The number of hydrogen-bond acceptors (Lipinski definition) is 4. The van der Waals surface area contributed by atoms with Gasteiger partial charge in [-0.3, -0.25) is 9.48 Å². The van der Waals surface area contributed by atoms with Gasteiger partial charge in [0.15, 0.2) is 0 Å². The Labute approximate surface area is 147 Å². The molecule has 4 rings (SSSR count). The SMILES string of the molecule is Cn1cc(-c2cc(NC3CCCCC3N)cc3c2C(=O)NCC3)cn1. The molecule has 1 aromatic carbocycles. The molecular weight excluding hydrogens is 314 g/mol. The maximum Gasteiger partial charge on any atom is 0.252 e. The maximum absolute atomic E-state index is 12.5. The molecular formula is C19H25N5O. The molecule has 132 valence electrons. The lowest BCUT2D eigenvalue weighted by Gasteiger charge is -2.31. The molecule has 2 aromatic rings. The van der Waals surface area contributed by atoms with E-state index in [1.54, 1.807) is 4.68 Å². The van der Waals surface area contributed by atoms with E-state index in [4.69, 9.17) is 5.73 Å². The van der Waals surface area contributed by atoms with Crippen molar-refractivity contribution < 1.29 is 4.79 Å². The molecule has 0 saturated heterocycles. The van der Waals surface area contributed by atoms with Gasteiger partial charge in [0, 0.05) is 43.1 Å². The second-order valence-electron chi connectivity index (χ2n) is 7.17. The van der Waals surface area contributed by atoms with E-state index >= 15 is 0 Å². The average Bonchev–Trinajstić information content (AvgIpc) is 3.03. The van der Waals surface area contributed by atoms with Gasteiger partial charge in [0.25, 0.3) is 5.91 Å². The zero-order chi connectivity index (χ0) is 17.4. The first kappa shape index (κ1) is 16.1. The van der Waals surface area contributed by atoms with Gasteiger partial charge in [-0.2, -0.15) is 5.10 Å². The third kappa shape index (κ3) is 3.14. The molecule has 0 radical (unpaired) electrons. The van der Waals surface area contributed by atoms with Crippen LogP contribution >= 0.6 is 0 Å². The smallest absolute Gasteiger partial charge is 0.252 e. The molecule has 2 atom stereocenters. The fraction of sp³-hybridized carbons (Fsp3) is 0.474. The number of nitrogens with two attached hydrogens (primary N) is 1. The normalized spacial score (nSPS) is 23.0. The van der Waals surface area contributed by atoms with Gasteiger partial charge < -0.3 is 16.4 Å². The van der Waals surface area contributed by atoms with E-state index in [1.165, 1.54) is 12.8 Å². The summed E-state index contributed by atoms with van der Waals surface area (Å²) in [4.78, 5) is 12.5. The van der Waals surface area contributed by atoms with E-state index in [0.717, 1.165) is 47.2 Å². The summed E-state index contributed by atoms with van der Waals surface area (Å²) in [5, 5.41) is 10.9. The number of nitrogens with zero attached hydrogens (tertiary/aromatic N) is 2. The fourth-order valence-corrected chi connectivity index (χ4v) is 3.99. The van der Waals surface area contributed by atoms with Crippen molar-refractivity contribution in [3.63, 3.8) is 0 Å². The molecule has 2 aliphatic rings. The van der Waals surface area contributed by atoms with Gasteiger partial charge >= 0.3 is 0 Å². The van der Waals surface area contributed by atoms with Gasteiger partial charge in [0.05, 0.1) is 11.8 Å². The third-order valence-electron chi connectivity index (χ3n) is 5.31. The highest BCUT2D eigenvalue weighted by Gasteiger charge is 2.25. The lowest BCUT2D eigenvalue weighted by molar-refractivity contribution is 0.0947. The van der Waals surface area contributed by atoms with E-state index in [1.807, 2.05) is 19.4 Å². The molecule has 0 spiro atoms. The van der Waals surface area contributed by atoms with Crippen LogP contribution < -0.4 is 16.4 Å². The van der Waals surface area contributed by atoms with Crippen molar-refractivity contribution in [3.8, 4) is 11.1 Å². The minimum Gasteiger partial charge on any atom is -0.381 e. The second-order valence-corrected chi connectivity index (χ2v) is 7.17. The summed E-state index contributed by atoms with van der Waals surface area (Å²) in [5.41, 5.74) is 11.1. The van der Waals surface area contributed by atoms with Crippen LogP contribution in [0.1, 0.15) is 41.6 Å². The van der Waals surface area contributed by atoms with Crippen LogP contribution in [0.3, 0.4) is 0 Å². The highest BCUT2D eigenvalue weighted by atomic mass is 16.1. The minimum atomic E-state index is 0.000945. The van der Waals surface area contributed by atoms with Crippen LogP contribution in [-0.2, 0) is 13.5 Å². The number of anilines is 1. The first-order valence-corrected chi connectivity index (χ1v) is 9.08. The Morgan fingerprint density at radius 2 is 2.16 bits per heavy atom. The molecule has 25 heavy (non-hydrogen) atoms. The third-order valence-corrected chi connectivity index (χ3v) is 5.31. The number of aryl methyl sites for hydroxylation is 1. The summed E-state index contributed by atoms with van der Waals surface area (Å²) in [7, 11) is 1.89. The van der Waals surface area contributed by atoms with Crippen LogP contribution in [-0.4, -0.2) is 34.3 Å². The van der Waals surface area contributed by atoms with Crippen LogP contribution in [0.4, 0.5) is 5.69 Å². The molecule has 1 amide bonds. The quantitative estimate of drug-likeness (QED) is 0.799. The molecule has 1 aliphatic carbocycles. The topological polar surface area (TPSA) is 85.0 Å². The van der Waals surface area contributed by atoms with Crippen molar-refractivity contribution in [2.45, 2.75) is 44.2 Å². The van der Waals surface area contributed by atoms with Gasteiger partial charge in [-0.05, 0) is 42.5 Å². The molecule has 4 N–H and O–H groups in total. The van der Waals surface area contributed by atoms with Crippen molar-refractivity contribution in [1.29, 1.82) is 0 Å². The number of carbonyl (C=O) groups excluding carboxylic acids is 1. The minimum absolute atomic E-state index is 0.000945. The summed E-state index contributed by atoms with van der Waals surface area (Å²) < 4.78 is 1.76. The van der Waals surface area contributed by atoms with Crippen molar-refractivity contribution in [1.82, 2.24) is 15.1 Å². The number of hydrogen-bond donors (Lipinski definition) is 3. The van der Waals surface area contributed by atoms with Crippen molar-refractivity contribution in [2.24, 2.45) is 12.8 Å². The predicted octanol–water partition coefficient (Wildman–Crippen LogP) is 2.05. The molecule has 6 heteroatoms. The number of amides is 1. The Hall–Kier alpha value is -2.34. The molecule has 6 nitrogen and oxygen atoms in total. The highest BCUT2D eigenvalue weighted by molar-refractivity contribution is 6.03. The van der Waals surface area contributed by atoms with Crippen LogP contribution in [0, 0.1) is 0 Å². The number of nitrogens with one attached hydrogen (secondary N) is 2. The van der Waals surface area contributed by atoms with Gasteiger partial charge in [0.2, 0.25) is 0 Å². The number of carbonyl (C=O) groups is 1. The van der Waals surface area contributed by atoms with E-state index in [2.05, 4.69) is 27.9 Å². The first-order valence-electron chi connectivity index (χ1n) is 9.08. The Balaban J connectivity index is 1.74. The van der Waals surface area contributed by atoms with Crippen molar-refractivity contribution >= 4 is 11.6 Å². The maximum atomic E-state index is 12.5. The molecule has 1 aliphatic heterocycles. The fourth-order valence-electron chi connectivity index (χ4n) is 3.99. The molecule has 2 heterocycles. The van der Waals surface area contributed by atoms with Gasteiger partial charge in [-0.15, -0.1) is 0 Å². The van der Waals surface area contributed by atoms with Gasteiger partial charge in [-0.25, -0.2) is 0 Å². The van der Waals surface area contributed by atoms with E-state index in [9.17, 15) is 4.79 Å². The average molecular weight is 339 g/mol. The number of benzene rings is 1. The Morgan fingerprint density at radius 1 is 1.32 bits per heavy atom. The summed E-state index contributed by atoms with van der Waals surface area (Å²) in [6.07, 6.45) is 9.21. The van der Waals surface area contributed by atoms with E-state index in [-0.39, 0.29) is 11.9 Å². The Bertz CT molecular complexity index is 797. The molecule has 2 unspecified atom stereocenters. The predicted molar refractivity (Wildman–Crippen MR) is 98.5 cm³/mol. The summed E-state index contributed by atoms with van der Waals surface area (Å²) in [6, 6.07) is 4.68. The Kier molecular flexibility index (Phi) is 4.21. The first-order chi connectivity index (χ1) is 12.1. The van der Waals surface area contributed by atoms with E-state index < -0.39 is 0 Å². The second kappa shape index (κ2) is 6.52. The zero-order valence-corrected chi connectivity index (χ0v) is 14.6. The summed E-state index contributed by atoms with van der Waals surface area (Å²) in [5.74, 6) is 0.000945. The lowest BCUT2D eigenvalue weighted by Crippen LogP contribution is -2.42. The highest BCUT2D eigenvalue weighted by Crippen LogP contribution is 2.33. The number of aromatic nitrogens is 2. The summed E-state index contributed by atoms with van der Waals surface area (Å²) in [6.45, 7) is 0.685. The Morgan fingerprint density at radius 3 is 2.92 bits per heavy atom. The molecule has 1 fully saturated rings. The van der Waals surface area contributed by atoms with Crippen LogP contribution in [0.2, 0.25) is 0 Å². The van der Waals surface area contributed by atoms with Crippen molar-refractivity contribution in [2.75, 3.05) is 11.9 Å². The number of fused-ring (bicyclic) bond motifs is 1. The van der Waals surface area contributed by atoms with Crippen LogP contribution in [0.25, 0.3) is 11.1 Å². The largest absolute Gasteiger partial charge is 0.381 e. The van der Waals surface area contributed by atoms with Gasteiger partial charge in [0.1, 0.15) is 0 Å². The molecule has 0 bridgehead atoms. The zero-order valence-electron chi connectivity index (χ0n) is 14.6. The van der Waals surface area contributed by atoms with Gasteiger partial charge in [-0.1, -0.05) is 12.8 Å². The van der Waals surface area contributed by atoms with Crippen LogP contribution in [0.5, 0.6) is 0 Å². The molecule has 1 saturated carbocycles. The monoisotopic (exact) mass is 339 g/mol. The molecule has 1 aromatic heterocycles. The summed E-state index contributed by atoms with van der Waals surface area (Å²) >= 11 is 0.